The predicted octanol–water partition coefficient (Wildman–Crippen LogP) is 6.99. The lowest BCUT2D eigenvalue weighted by Crippen LogP contribution is -2.44. The van der Waals surface area contributed by atoms with Crippen LogP contribution < -0.4 is 21.3 Å². The van der Waals surface area contributed by atoms with Crippen LogP contribution in [0.1, 0.15) is 60.7 Å². The molecule has 0 unspecified atom stereocenters. The number of aromatic nitrogens is 2. The third-order valence-corrected chi connectivity index (χ3v) is 7.06. The molecule has 45 heavy (non-hydrogen) atoms. The summed E-state index contributed by atoms with van der Waals surface area (Å²) in [5, 5.41) is 12.3. The van der Waals surface area contributed by atoms with Gasteiger partial charge < -0.3 is 30.9 Å². The van der Waals surface area contributed by atoms with Gasteiger partial charge in [0.2, 0.25) is 5.95 Å². The highest BCUT2D eigenvalue weighted by molar-refractivity contribution is 6.04. The van der Waals surface area contributed by atoms with Crippen molar-refractivity contribution in [1.29, 1.82) is 0 Å². The lowest BCUT2D eigenvalue weighted by atomic mass is 10.1. The molecule has 10 nitrogen and oxygen atoms in total. The fourth-order valence-electron chi connectivity index (χ4n) is 4.68. The number of aryl methyl sites for hydroxylation is 1. The van der Waals surface area contributed by atoms with Gasteiger partial charge in [-0.3, -0.25) is 4.79 Å². The Kier molecular flexibility index (Phi) is 9.89. The number of carbonyl (C=O) groups is 2. The van der Waals surface area contributed by atoms with Crippen molar-refractivity contribution in [3.05, 3.63) is 77.5 Å². The van der Waals surface area contributed by atoms with Crippen molar-refractivity contribution in [3.63, 3.8) is 0 Å². The number of ether oxygens (including phenoxy) is 1. The number of amides is 2. The first kappa shape index (κ1) is 33.1. The van der Waals surface area contributed by atoms with Gasteiger partial charge in [0.05, 0.1) is 11.1 Å². The first-order valence-electron chi connectivity index (χ1n) is 14.5. The maximum Gasteiger partial charge on any atom is 0.416 e. The Morgan fingerprint density at radius 2 is 1.76 bits per heavy atom. The zero-order valence-electron chi connectivity index (χ0n) is 25.9. The molecule has 0 saturated carbocycles. The van der Waals surface area contributed by atoms with E-state index in [2.05, 4.69) is 37.8 Å². The van der Waals surface area contributed by atoms with Crippen molar-refractivity contribution in [2.45, 2.75) is 58.4 Å². The van der Waals surface area contributed by atoms with Crippen LogP contribution >= 0.6 is 0 Å². The monoisotopic (exact) mass is 625 g/mol. The molecule has 240 valence electrons. The van der Waals surface area contributed by atoms with Gasteiger partial charge in [0.1, 0.15) is 11.4 Å². The van der Waals surface area contributed by atoms with E-state index in [0.29, 0.717) is 60.3 Å². The van der Waals surface area contributed by atoms with Gasteiger partial charge in [-0.05, 0) is 76.4 Å². The number of alkyl halides is 3. The Labute approximate surface area is 260 Å². The molecule has 1 fully saturated rings. The normalized spacial score (nSPS) is 14.0. The van der Waals surface area contributed by atoms with Gasteiger partial charge in [0.15, 0.2) is 0 Å². The number of nitrogens with zero attached hydrogens (tertiary/aromatic N) is 3. The van der Waals surface area contributed by atoms with Crippen molar-refractivity contribution in [3.8, 4) is 0 Å². The summed E-state index contributed by atoms with van der Waals surface area (Å²) in [5.74, 6) is 0.296. The minimum absolute atomic E-state index is 0.0807. The van der Waals surface area contributed by atoms with Gasteiger partial charge in [-0.2, -0.15) is 18.2 Å². The van der Waals surface area contributed by atoms with Gasteiger partial charge in [-0.25, -0.2) is 9.78 Å². The van der Waals surface area contributed by atoms with E-state index in [0.717, 1.165) is 17.7 Å². The lowest BCUT2D eigenvalue weighted by molar-refractivity contribution is -0.137. The Bertz CT molecular complexity index is 1560. The van der Waals surface area contributed by atoms with Crippen LogP contribution in [0, 0.1) is 6.92 Å². The highest BCUT2D eigenvalue weighted by atomic mass is 19.4. The summed E-state index contributed by atoms with van der Waals surface area (Å²) in [6.07, 6.45) is -1.80. The molecule has 1 aliphatic heterocycles. The Morgan fingerprint density at radius 1 is 1.04 bits per heavy atom. The molecule has 0 atom stereocenters. The van der Waals surface area contributed by atoms with Gasteiger partial charge in [-0.15, -0.1) is 0 Å². The molecule has 1 aromatic heterocycles. The van der Waals surface area contributed by atoms with Crippen LogP contribution in [0.3, 0.4) is 0 Å². The highest BCUT2D eigenvalue weighted by Crippen LogP contribution is 2.31. The van der Waals surface area contributed by atoms with E-state index in [1.165, 1.54) is 12.1 Å². The number of likely N-dealkylation sites (tertiary alicyclic amines) is 1. The van der Waals surface area contributed by atoms with Crippen LogP contribution in [-0.2, 0) is 10.9 Å². The second kappa shape index (κ2) is 13.4. The molecule has 1 saturated heterocycles. The molecule has 2 heterocycles. The number of piperidine rings is 1. The first-order valence-corrected chi connectivity index (χ1v) is 14.5. The molecule has 4 rings (SSSR count). The van der Waals surface area contributed by atoms with Gasteiger partial charge >= 0.3 is 12.3 Å². The minimum Gasteiger partial charge on any atom is -0.444 e. The van der Waals surface area contributed by atoms with E-state index in [-0.39, 0.29) is 17.7 Å². The van der Waals surface area contributed by atoms with Crippen LogP contribution in [0.25, 0.3) is 5.70 Å². The predicted molar refractivity (Wildman–Crippen MR) is 169 cm³/mol. The molecule has 0 spiro atoms. The Hall–Kier alpha value is -4.81. The number of hydrogen-bond donors (Lipinski definition) is 4. The average molecular weight is 626 g/mol. The number of carbonyl (C=O) groups excluding carboxylic acids is 2. The second-order valence-corrected chi connectivity index (χ2v) is 11.8. The van der Waals surface area contributed by atoms with E-state index in [9.17, 15) is 22.8 Å². The summed E-state index contributed by atoms with van der Waals surface area (Å²) in [7, 11) is 1.73. The number of benzene rings is 2. The summed E-state index contributed by atoms with van der Waals surface area (Å²) in [4.78, 5) is 35.9. The number of hydrogen-bond acceptors (Lipinski definition) is 8. The van der Waals surface area contributed by atoms with Gasteiger partial charge in [0, 0.05) is 55.0 Å². The fraction of sp³-hybridized carbons (Fsp3) is 0.375. The van der Waals surface area contributed by atoms with Crippen molar-refractivity contribution in [2.75, 3.05) is 41.4 Å². The molecule has 13 heteroatoms. The molecule has 0 bridgehead atoms. The summed E-state index contributed by atoms with van der Waals surface area (Å²) >= 11 is 0. The van der Waals surface area contributed by atoms with Crippen molar-refractivity contribution < 1.29 is 27.5 Å². The van der Waals surface area contributed by atoms with Gasteiger partial charge in [0.25, 0.3) is 5.91 Å². The molecule has 3 aromatic rings. The zero-order chi connectivity index (χ0) is 32.9. The van der Waals surface area contributed by atoms with Crippen LogP contribution in [0.4, 0.5) is 41.1 Å². The number of halogens is 3. The molecule has 2 amide bonds. The largest absolute Gasteiger partial charge is 0.444 e. The van der Waals surface area contributed by atoms with E-state index in [4.69, 9.17) is 4.74 Å². The number of anilines is 4. The molecule has 2 aromatic carbocycles. The van der Waals surface area contributed by atoms with E-state index >= 15 is 0 Å². The second-order valence-electron chi connectivity index (χ2n) is 11.8. The van der Waals surface area contributed by atoms with Crippen molar-refractivity contribution in [1.82, 2.24) is 14.9 Å². The number of rotatable bonds is 8. The summed E-state index contributed by atoms with van der Waals surface area (Å²) in [5.41, 5.74) is 1.41. The SMILES string of the molecule is C=C(Nc1cc(NC(=O)c2cccc(C(F)(F)F)c2)ccc1C)c1cnc(NC2CCN(C(=O)OC(C)(C)C)CC2)nc1NC. The van der Waals surface area contributed by atoms with Crippen LogP contribution in [-0.4, -0.2) is 58.6 Å². The minimum atomic E-state index is -4.55. The number of nitrogens with one attached hydrogen (secondary N) is 4. The highest BCUT2D eigenvalue weighted by Gasteiger charge is 2.31. The van der Waals surface area contributed by atoms with E-state index in [1.54, 1.807) is 36.3 Å². The van der Waals surface area contributed by atoms with E-state index in [1.807, 2.05) is 27.7 Å². The quantitative estimate of drug-likeness (QED) is 0.211. The van der Waals surface area contributed by atoms with Crippen molar-refractivity contribution in [2.24, 2.45) is 0 Å². The third kappa shape index (κ3) is 8.87. The Balaban J connectivity index is 1.39. The van der Waals surface area contributed by atoms with Gasteiger partial charge in [-0.1, -0.05) is 18.7 Å². The molecule has 4 N–H and O–H groups in total. The molecular formula is C32H38F3N7O3. The average Bonchev–Trinajstić information content (AvgIpc) is 2.97. The van der Waals surface area contributed by atoms with Crippen LogP contribution in [0.5, 0.6) is 0 Å². The molecular weight excluding hydrogens is 587 g/mol. The van der Waals surface area contributed by atoms with Crippen LogP contribution in [0.2, 0.25) is 0 Å². The summed E-state index contributed by atoms with van der Waals surface area (Å²) in [6.45, 7) is 12.7. The van der Waals surface area contributed by atoms with Crippen molar-refractivity contribution >= 4 is 40.8 Å². The standard InChI is InChI=1S/C32H38F3N7O3/c1-19-10-11-24(39-28(43)21-8-7-9-22(16-21)32(33,34)35)17-26(19)38-20(2)25-18-37-29(41-27(25)36-6)40-23-12-14-42(15-13-23)30(44)45-31(3,4)5/h7-11,16-18,23,38H,2,12-15H2,1,3-6H3,(H,39,43)(H2,36,37,40,41). The summed E-state index contributed by atoms with van der Waals surface area (Å²) < 4.78 is 44.8. The summed E-state index contributed by atoms with van der Waals surface area (Å²) in [6, 6.07) is 9.44. The smallest absolute Gasteiger partial charge is 0.416 e. The fourth-order valence-corrected chi connectivity index (χ4v) is 4.68. The lowest BCUT2D eigenvalue weighted by Gasteiger charge is -2.33. The molecule has 0 radical (unpaired) electrons. The topological polar surface area (TPSA) is 121 Å². The maximum atomic E-state index is 13.1. The molecule has 1 aliphatic rings. The third-order valence-electron chi connectivity index (χ3n) is 7.06. The zero-order valence-corrected chi connectivity index (χ0v) is 25.9. The van der Waals surface area contributed by atoms with Crippen LogP contribution in [0.15, 0.2) is 55.2 Å². The Morgan fingerprint density at radius 3 is 2.40 bits per heavy atom. The molecule has 0 aliphatic carbocycles. The first-order chi connectivity index (χ1) is 21.1. The van der Waals surface area contributed by atoms with E-state index < -0.39 is 23.2 Å². The maximum absolute atomic E-state index is 13.1.